The van der Waals surface area contributed by atoms with E-state index >= 15 is 0 Å². The minimum atomic E-state index is -0.755. The summed E-state index contributed by atoms with van der Waals surface area (Å²) in [6.45, 7) is 2.81. The molecule has 19 heavy (non-hydrogen) atoms. The SMILES string of the molecule is O=C(O)CC1CCN(C(=O)N2CCC(CO)C2)CC1. The van der Waals surface area contributed by atoms with Crippen LogP contribution in [0.4, 0.5) is 4.79 Å². The van der Waals surface area contributed by atoms with Gasteiger partial charge in [-0.3, -0.25) is 4.79 Å². The lowest BCUT2D eigenvalue weighted by Crippen LogP contribution is -2.46. The number of hydrogen-bond acceptors (Lipinski definition) is 3. The van der Waals surface area contributed by atoms with Crippen LogP contribution in [0, 0.1) is 11.8 Å². The molecule has 6 heteroatoms. The zero-order chi connectivity index (χ0) is 13.8. The van der Waals surface area contributed by atoms with Gasteiger partial charge in [-0.2, -0.15) is 0 Å². The van der Waals surface area contributed by atoms with E-state index in [0.717, 1.165) is 25.8 Å². The number of carboxylic acid groups (broad SMARTS) is 1. The average Bonchev–Trinajstić information content (AvgIpc) is 2.87. The number of likely N-dealkylation sites (tertiary alicyclic amines) is 2. The first-order valence-corrected chi connectivity index (χ1v) is 6.96. The molecule has 2 aliphatic rings. The number of carboxylic acids is 1. The molecule has 2 rings (SSSR count). The number of nitrogens with zero attached hydrogens (tertiary/aromatic N) is 2. The Labute approximate surface area is 113 Å². The first kappa shape index (κ1) is 14.1. The van der Waals surface area contributed by atoms with E-state index in [9.17, 15) is 9.59 Å². The Hall–Kier alpha value is -1.30. The minimum absolute atomic E-state index is 0.0460. The lowest BCUT2D eigenvalue weighted by atomic mass is 9.94. The van der Waals surface area contributed by atoms with Gasteiger partial charge in [0, 0.05) is 45.1 Å². The average molecular weight is 270 g/mol. The standard InChI is InChI=1S/C13H22N2O4/c16-9-11-3-6-15(8-11)13(19)14-4-1-10(2-5-14)7-12(17)18/h10-11,16H,1-9H2,(H,17,18). The van der Waals surface area contributed by atoms with Gasteiger partial charge in [-0.1, -0.05) is 0 Å². The van der Waals surface area contributed by atoms with E-state index in [0.29, 0.717) is 19.6 Å². The highest BCUT2D eigenvalue weighted by Gasteiger charge is 2.31. The molecule has 0 aromatic heterocycles. The number of hydrogen-bond donors (Lipinski definition) is 2. The van der Waals surface area contributed by atoms with Gasteiger partial charge in [0.05, 0.1) is 0 Å². The van der Waals surface area contributed by atoms with Crippen molar-refractivity contribution in [2.45, 2.75) is 25.7 Å². The summed E-state index contributed by atoms with van der Waals surface area (Å²) in [7, 11) is 0. The lowest BCUT2D eigenvalue weighted by molar-refractivity contribution is -0.138. The van der Waals surface area contributed by atoms with Crippen LogP contribution in [0.2, 0.25) is 0 Å². The van der Waals surface area contributed by atoms with Gasteiger partial charge in [-0.05, 0) is 25.2 Å². The number of aliphatic hydroxyl groups is 1. The highest BCUT2D eigenvalue weighted by Crippen LogP contribution is 2.23. The first-order chi connectivity index (χ1) is 9.10. The monoisotopic (exact) mass is 270 g/mol. The summed E-state index contributed by atoms with van der Waals surface area (Å²) >= 11 is 0. The van der Waals surface area contributed by atoms with Crippen molar-refractivity contribution < 1.29 is 19.8 Å². The van der Waals surface area contributed by atoms with E-state index in [1.54, 1.807) is 4.90 Å². The van der Waals surface area contributed by atoms with E-state index in [2.05, 4.69) is 0 Å². The topological polar surface area (TPSA) is 81.1 Å². The number of carbonyl (C=O) groups excluding carboxylic acids is 1. The van der Waals surface area contributed by atoms with Crippen molar-refractivity contribution in [1.29, 1.82) is 0 Å². The summed E-state index contributed by atoms with van der Waals surface area (Å²) in [4.78, 5) is 26.5. The summed E-state index contributed by atoms with van der Waals surface area (Å²) in [5, 5.41) is 17.8. The van der Waals surface area contributed by atoms with E-state index in [1.165, 1.54) is 0 Å². The van der Waals surface area contributed by atoms with Gasteiger partial charge >= 0.3 is 12.0 Å². The molecule has 0 spiro atoms. The third-order valence-corrected chi connectivity index (χ3v) is 4.16. The third-order valence-electron chi connectivity index (χ3n) is 4.16. The van der Waals surface area contributed by atoms with E-state index in [4.69, 9.17) is 10.2 Å². The van der Waals surface area contributed by atoms with Crippen LogP contribution in [-0.2, 0) is 4.79 Å². The molecule has 0 aliphatic carbocycles. The van der Waals surface area contributed by atoms with Gasteiger partial charge < -0.3 is 20.0 Å². The Morgan fingerprint density at radius 3 is 2.11 bits per heavy atom. The van der Waals surface area contributed by atoms with Crippen LogP contribution in [0.3, 0.4) is 0 Å². The summed E-state index contributed by atoms with van der Waals surface area (Å²) in [6, 6.07) is 0.0460. The van der Waals surface area contributed by atoms with Gasteiger partial charge in [0.1, 0.15) is 0 Å². The molecule has 2 amide bonds. The number of urea groups is 1. The number of aliphatic carboxylic acids is 1. The fraction of sp³-hybridized carbons (Fsp3) is 0.846. The molecule has 0 radical (unpaired) electrons. The Morgan fingerprint density at radius 2 is 1.58 bits per heavy atom. The molecule has 2 N–H and O–H groups in total. The first-order valence-electron chi connectivity index (χ1n) is 6.96. The molecular formula is C13H22N2O4. The Kier molecular flexibility index (Phi) is 4.63. The number of amides is 2. The van der Waals surface area contributed by atoms with Crippen molar-refractivity contribution in [3.8, 4) is 0 Å². The van der Waals surface area contributed by atoms with Gasteiger partial charge in [0.25, 0.3) is 0 Å². The van der Waals surface area contributed by atoms with Crippen LogP contribution in [0.1, 0.15) is 25.7 Å². The van der Waals surface area contributed by atoms with E-state index < -0.39 is 5.97 Å². The molecule has 1 unspecified atom stereocenters. The smallest absolute Gasteiger partial charge is 0.320 e. The molecule has 1 atom stereocenters. The molecule has 2 saturated heterocycles. The molecule has 2 aliphatic heterocycles. The van der Waals surface area contributed by atoms with Crippen LogP contribution in [0.25, 0.3) is 0 Å². The van der Waals surface area contributed by atoms with Crippen LogP contribution < -0.4 is 0 Å². The number of carbonyl (C=O) groups is 2. The van der Waals surface area contributed by atoms with E-state index in [-0.39, 0.29) is 30.9 Å². The van der Waals surface area contributed by atoms with Crippen molar-refractivity contribution in [3.63, 3.8) is 0 Å². The molecule has 0 bridgehead atoms. The summed E-state index contributed by atoms with van der Waals surface area (Å²) in [6.07, 6.45) is 2.63. The summed E-state index contributed by atoms with van der Waals surface area (Å²) < 4.78 is 0. The molecule has 2 heterocycles. The van der Waals surface area contributed by atoms with Crippen molar-refractivity contribution in [1.82, 2.24) is 9.80 Å². The van der Waals surface area contributed by atoms with Crippen LogP contribution in [-0.4, -0.2) is 64.8 Å². The molecule has 2 fully saturated rings. The van der Waals surface area contributed by atoms with E-state index in [1.807, 2.05) is 4.90 Å². The van der Waals surface area contributed by atoms with Crippen molar-refractivity contribution >= 4 is 12.0 Å². The quantitative estimate of drug-likeness (QED) is 0.787. The number of piperidine rings is 1. The number of aliphatic hydroxyl groups excluding tert-OH is 1. The third kappa shape index (κ3) is 3.59. The molecule has 0 aromatic carbocycles. The predicted octanol–water partition coefficient (Wildman–Crippen LogP) is 0.607. The van der Waals surface area contributed by atoms with Crippen LogP contribution in [0.15, 0.2) is 0 Å². The molecule has 108 valence electrons. The zero-order valence-corrected chi connectivity index (χ0v) is 11.1. The van der Waals surface area contributed by atoms with Crippen molar-refractivity contribution in [2.75, 3.05) is 32.8 Å². The predicted molar refractivity (Wildman–Crippen MR) is 68.7 cm³/mol. The Morgan fingerprint density at radius 1 is 1.00 bits per heavy atom. The van der Waals surface area contributed by atoms with Gasteiger partial charge in [0.2, 0.25) is 0 Å². The fourth-order valence-corrected chi connectivity index (χ4v) is 2.93. The second-order valence-electron chi connectivity index (χ2n) is 5.59. The zero-order valence-electron chi connectivity index (χ0n) is 11.1. The molecule has 0 saturated carbocycles. The van der Waals surface area contributed by atoms with Crippen molar-refractivity contribution in [3.05, 3.63) is 0 Å². The maximum Gasteiger partial charge on any atom is 0.320 e. The largest absolute Gasteiger partial charge is 0.481 e. The second kappa shape index (κ2) is 6.23. The Bertz CT molecular complexity index is 340. The van der Waals surface area contributed by atoms with Crippen LogP contribution in [0.5, 0.6) is 0 Å². The Balaban J connectivity index is 1.78. The highest BCUT2D eigenvalue weighted by molar-refractivity contribution is 5.75. The van der Waals surface area contributed by atoms with Crippen molar-refractivity contribution in [2.24, 2.45) is 11.8 Å². The van der Waals surface area contributed by atoms with Gasteiger partial charge in [-0.25, -0.2) is 4.79 Å². The summed E-state index contributed by atoms with van der Waals surface area (Å²) in [5.74, 6) is -0.339. The highest BCUT2D eigenvalue weighted by atomic mass is 16.4. The number of rotatable bonds is 3. The lowest BCUT2D eigenvalue weighted by Gasteiger charge is -2.34. The molecular weight excluding hydrogens is 248 g/mol. The maximum atomic E-state index is 12.2. The van der Waals surface area contributed by atoms with Crippen LogP contribution >= 0.6 is 0 Å². The summed E-state index contributed by atoms with van der Waals surface area (Å²) in [5.41, 5.74) is 0. The molecule has 0 aromatic rings. The maximum absolute atomic E-state index is 12.2. The normalized spacial score (nSPS) is 24.8. The molecule has 6 nitrogen and oxygen atoms in total. The van der Waals surface area contributed by atoms with Gasteiger partial charge in [0.15, 0.2) is 0 Å². The second-order valence-corrected chi connectivity index (χ2v) is 5.59. The minimum Gasteiger partial charge on any atom is -0.481 e. The van der Waals surface area contributed by atoms with Gasteiger partial charge in [-0.15, -0.1) is 0 Å². The fourth-order valence-electron chi connectivity index (χ4n) is 2.93.